The van der Waals surface area contributed by atoms with Crippen LogP contribution < -0.4 is 9.64 Å². The third kappa shape index (κ3) is 2.91. The molecule has 0 bridgehead atoms. The molecule has 1 heterocycles. The molecule has 1 unspecified atom stereocenters. The molecule has 0 radical (unpaired) electrons. The van der Waals surface area contributed by atoms with Crippen LogP contribution in [0.4, 0.5) is 5.69 Å². The Bertz CT molecular complexity index is 614. The molecule has 4 nitrogen and oxygen atoms in total. The summed E-state index contributed by atoms with van der Waals surface area (Å²) in [5, 5.41) is 9.47. The number of benzene rings is 1. The minimum absolute atomic E-state index is 0.0239. The highest BCUT2D eigenvalue weighted by Crippen LogP contribution is 2.42. The van der Waals surface area contributed by atoms with E-state index in [9.17, 15) is 10.1 Å². The van der Waals surface area contributed by atoms with E-state index in [2.05, 4.69) is 42.8 Å². The molecule has 0 N–H and O–H groups in total. The number of fused-ring (bicyclic) bond motifs is 1. The first-order valence-corrected chi connectivity index (χ1v) is 7.94. The van der Waals surface area contributed by atoms with Crippen LogP contribution in [-0.4, -0.2) is 30.8 Å². The first-order chi connectivity index (χ1) is 9.79. The summed E-state index contributed by atoms with van der Waals surface area (Å²) in [6, 6.07) is 5.61. The van der Waals surface area contributed by atoms with Crippen LogP contribution in [0.2, 0.25) is 0 Å². The number of nitriles is 1. The maximum atomic E-state index is 12.1. The van der Waals surface area contributed by atoms with Crippen molar-refractivity contribution in [2.45, 2.75) is 32.2 Å². The number of carbonyl (C=O) groups is 1. The summed E-state index contributed by atoms with van der Waals surface area (Å²) in [6.07, 6.45) is 0. The second kappa shape index (κ2) is 5.69. The molecule has 0 fully saturated rings. The number of halogens is 1. The molecule has 2 rings (SSSR count). The molecule has 112 valence electrons. The van der Waals surface area contributed by atoms with Crippen LogP contribution in [0.5, 0.6) is 5.75 Å². The highest BCUT2D eigenvalue weighted by molar-refractivity contribution is 9.09. The van der Waals surface area contributed by atoms with Crippen molar-refractivity contribution in [2.75, 3.05) is 23.9 Å². The first kappa shape index (κ1) is 15.8. The number of nitrogens with zero attached hydrogens (tertiary/aromatic N) is 2. The smallest absolute Gasteiger partial charge is 0.173 e. The van der Waals surface area contributed by atoms with Gasteiger partial charge in [-0.2, -0.15) is 5.26 Å². The number of rotatable bonds is 2. The fourth-order valence-electron chi connectivity index (χ4n) is 2.39. The molecule has 1 aliphatic rings. The van der Waals surface area contributed by atoms with Crippen LogP contribution >= 0.6 is 15.9 Å². The summed E-state index contributed by atoms with van der Waals surface area (Å²) in [5.41, 5.74) is 2.30. The van der Waals surface area contributed by atoms with Gasteiger partial charge in [-0.15, -0.1) is 0 Å². The molecule has 0 saturated heterocycles. The Hall–Kier alpha value is -1.54. The molecule has 5 heteroatoms. The second-order valence-electron chi connectivity index (χ2n) is 6.25. The first-order valence-electron chi connectivity index (χ1n) is 6.82. The summed E-state index contributed by atoms with van der Waals surface area (Å²) >= 11 is 3.22. The molecule has 0 aliphatic carbocycles. The predicted molar refractivity (Wildman–Crippen MR) is 86.6 cm³/mol. The molecular weight excluding hydrogens is 332 g/mol. The van der Waals surface area contributed by atoms with Crippen LogP contribution in [0.1, 0.15) is 36.7 Å². The molecule has 0 saturated carbocycles. The third-order valence-electron chi connectivity index (χ3n) is 3.70. The molecule has 21 heavy (non-hydrogen) atoms. The zero-order valence-electron chi connectivity index (χ0n) is 12.7. The van der Waals surface area contributed by atoms with Crippen LogP contribution in [0.25, 0.3) is 0 Å². The topological polar surface area (TPSA) is 53.3 Å². The monoisotopic (exact) mass is 350 g/mol. The van der Waals surface area contributed by atoms with E-state index >= 15 is 0 Å². The van der Waals surface area contributed by atoms with E-state index in [1.807, 2.05) is 24.1 Å². The van der Waals surface area contributed by atoms with Gasteiger partial charge in [0, 0.05) is 18.2 Å². The number of ether oxygens (including phenoxy) is 1. The van der Waals surface area contributed by atoms with E-state index in [0.717, 1.165) is 17.0 Å². The predicted octanol–water partition coefficient (Wildman–Crippen LogP) is 3.28. The van der Waals surface area contributed by atoms with Crippen molar-refractivity contribution in [1.29, 1.82) is 5.26 Å². The fourth-order valence-corrected chi connectivity index (χ4v) is 2.71. The van der Waals surface area contributed by atoms with Gasteiger partial charge >= 0.3 is 0 Å². The number of likely N-dealkylation sites (N-methyl/N-ethyl adjacent to an activating group) is 1. The quantitative estimate of drug-likeness (QED) is 0.606. The van der Waals surface area contributed by atoms with E-state index in [4.69, 9.17) is 4.74 Å². The maximum absolute atomic E-state index is 12.1. The number of hydrogen-bond acceptors (Lipinski definition) is 4. The number of Topliss-reactive ketones (excluding diaryl/α,β-unsaturated/α-hetero) is 1. The molecule has 1 atom stereocenters. The van der Waals surface area contributed by atoms with E-state index in [1.165, 1.54) is 0 Å². The minimum atomic E-state index is -0.334. The van der Waals surface area contributed by atoms with Gasteiger partial charge in [-0.05, 0) is 17.5 Å². The Morgan fingerprint density at radius 1 is 1.52 bits per heavy atom. The zero-order valence-corrected chi connectivity index (χ0v) is 14.3. The van der Waals surface area contributed by atoms with Gasteiger partial charge in [0.2, 0.25) is 0 Å². The average Bonchev–Trinajstić information content (AvgIpc) is 2.45. The standard InChI is InChI=1S/C16H19BrN2O2/c1-16(2,3)12-5-10(14(20)7-17)6-13-15(12)21-9-11(8-18)19(13)4/h5-6,11H,7,9H2,1-4H3. The van der Waals surface area contributed by atoms with Gasteiger partial charge in [0.05, 0.1) is 17.1 Å². The normalized spacial score (nSPS) is 17.7. The van der Waals surface area contributed by atoms with Crippen LogP contribution in [0.3, 0.4) is 0 Å². The van der Waals surface area contributed by atoms with Crippen molar-refractivity contribution in [1.82, 2.24) is 0 Å². The number of carbonyl (C=O) groups excluding carboxylic acids is 1. The molecule has 1 aromatic carbocycles. The highest BCUT2D eigenvalue weighted by Gasteiger charge is 2.31. The van der Waals surface area contributed by atoms with Gasteiger partial charge in [-0.25, -0.2) is 0 Å². The molecule has 0 amide bonds. The average molecular weight is 351 g/mol. The lowest BCUT2D eigenvalue weighted by atomic mass is 9.84. The number of alkyl halides is 1. The van der Waals surface area contributed by atoms with Crippen molar-refractivity contribution >= 4 is 27.4 Å². The van der Waals surface area contributed by atoms with E-state index in [0.29, 0.717) is 12.2 Å². The summed E-state index contributed by atoms with van der Waals surface area (Å²) in [4.78, 5) is 14.0. The number of ketones is 1. The van der Waals surface area contributed by atoms with Crippen molar-refractivity contribution in [3.8, 4) is 11.8 Å². The van der Waals surface area contributed by atoms with Crippen LogP contribution in [0, 0.1) is 11.3 Å². The van der Waals surface area contributed by atoms with Gasteiger partial charge in [0.25, 0.3) is 0 Å². The number of anilines is 1. The van der Waals surface area contributed by atoms with Crippen molar-refractivity contribution < 1.29 is 9.53 Å². The van der Waals surface area contributed by atoms with Crippen LogP contribution in [-0.2, 0) is 5.41 Å². The zero-order chi connectivity index (χ0) is 15.8. The van der Waals surface area contributed by atoms with Crippen molar-refractivity contribution in [2.24, 2.45) is 0 Å². The Kier molecular flexibility index (Phi) is 4.29. The lowest BCUT2D eigenvalue weighted by molar-refractivity contribution is 0.102. The molecule has 0 aromatic heterocycles. The maximum Gasteiger partial charge on any atom is 0.173 e. The molecular formula is C16H19BrN2O2. The van der Waals surface area contributed by atoms with Gasteiger partial charge in [-0.1, -0.05) is 36.7 Å². The van der Waals surface area contributed by atoms with E-state index in [-0.39, 0.29) is 22.6 Å². The molecule has 1 aromatic rings. The largest absolute Gasteiger partial charge is 0.488 e. The van der Waals surface area contributed by atoms with Crippen molar-refractivity contribution in [3.05, 3.63) is 23.3 Å². The Balaban J connectivity index is 2.66. The van der Waals surface area contributed by atoms with E-state index < -0.39 is 0 Å². The Morgan fingerprint density at radius 2 is 2.19 bits per heavy atom. The van der Waals surface area contributed by atoms with Gasteiger partial charge in [-0.3, -0.25) is 4.79 Å². The summed E-state index contributed by atoms with van der Waals surface area (Å²) < 4.78 is 5.84. The summed E-state index contributed by atoms with van der Waals surface area (Å²) in [7, 11) is 1.87. The van der Waals surface area contributed by atoms with Gasteiger partial charge in [0.15, 0.2) is 11.8 Å². The number of hydrogen-bond donors (Lipinski definition) is 0. The minimum Gasteiger partial charge on any atom is -0.488 e. The lowest BCUT2D eigenvalue weighted by Crippen LogP contribution is -2.40. The second-order valence-corrected chi connectivity index (χ2v) is 6.81. The summed E-state index contributed by atoms with van der Waals surface area (Å²) in [5.74, 6) is 0.804. The SMILES string of the molecule is CN1c2cc(C(=O)CBr)cc(C(C)(C)C)c2OCC1C#N. The van der Waals surface area contributed by atoms with E-state index in [1.54, 1.807) is 0 Å². The van der Waals surface area contributed by atoms with Crippen LogP contribution in [0.15, 0.2) is 12.1 Å². The molecule has 0 spiro atoms. The fraction of sp³-hybridized carbons (Fsp3) is 0.500. The summed E-state index contributed by atoms with van der Waals surface area (Å²) in [6.45, 7) is 6.61. The van der Waals surface area contributed by atoms with Gasteiger partial charge in [0.1, 0.15) is 12.4 Å². The van der Waals surface area contributed by atoms with Crippen molar-refractivity contribution in [3.63, 3.8) is 0 Å². The highest BCUT2D eigenvalue weighted by atomic mass is 79.9. The van der Waals surface area contributed by atoms with Gasteiger partial charge < -0.3 is 9.64 Å². The lowest BCUT2D eigenvalue weighted by Gasteiger charge is -2.35. The molecule has 1 aliphatic heterocycles. The Morgan fingerprint density at radius 3 is 2.71 bits per heavy atom. The Labute approximate surface area is 133 Å². The third-order valence-corrected chi connectivity index (χ3v) is 4.21.